The molecular formula is C9H17NO3. The number of ether oxygens (including phenoxy) is 2. The first-order chi connectivity index (χ1) is 6.20. The Hall–Kier alpha value is -0.610. The molecule has 0 radical (unpaired) electrons. The van der Waals surface area contributed by atoms with Gasteiger partial charge in [0.15, 0.2) is 0 Å². The fourth-order valence-corrected chi connectivity index (χ4v) is 1.14. The van der Waals surface area contributed by atoms with Crippen molar-refractivity contribution in [3.05, 3.63) is 0 Å². The Balaban J connectivity index is 2.21. The number of rotatable bonds is 3. The SMILES string of the molecule is CC(C)OCC(=O)N1CCOCC1. The monoisotopic (exact) mass is 187 g/mol. The Morgan fingerprint density at radius 3 is 2.62 bits per heavy atom. The van der Waals surface area contributed by atoms with E-state index in [0.717, 1.165) is 0 Å². The third kappa shape index (κ3) is 3.74. The van der Waals surface area contributed by atoms with E-state index in [1.54, 1.807) is 4.90 Å². The molecule has 4 nitrogen and oxygen atoms in total. The van der Waals surface area contributed by atoms with E-state index in [0.29, 0.717) is 26.3 Å². The normalized spacial score (nSPS) is 17.9. The number of nitrogens with zero attached hydrogens (tertiary/aromatic N) is 1. The molecule has 0 aromatic rings. The van der Waals surface area contributed by atoms with Crippen LogP contribution in [0.1, 0.15) is 13.8 Å². The van der Waals surface area contributed by atoms with Gasteiger partial charge < -0.3 is 14.4 Å². The molecular weight excluding hydrogens is 170 g/mol. The Labute approximate surface area is 78.8 Å². The molecule has 1 rings (SSSR count). The largest absolute Gasteiger partial charge is 0.378 e. The van der Waals surface area contributed by atoms with Crippen LogP contribution in [0.25, 0.3) is 0 Å². The quantitative estimate of drug-likeness (QED) is 0.636. The summed E-state index contributed by atoms with van der Waals surface area (Å²) in [6.07, 6.45) is 0.116. The zero-order chi connectivity index (χ0) is 9.68. The van der Waals surface area contributed by atoms with E-state index in [9.17, 15) is 4.79 Å². The summed E-state index contributed by atoms with van der Waals surface area (Å²) >= 11 is 0. The first kappa shape index (κ1) is 10.5. The van der Waals surface area contributed by atoms with Crippen LogP contribution in [0.4, 0.5) is 0 Å². The van der Waals surface area contributed by atoms with Gasteiger partial charge in [-0.3, -0.25) is 4.79 Å². The van der Waals surface area contributed by atoms with Gasteiger partial charge in [0.2, 0.25) is 5.91 Å². The van der Waals surface area contributed by atoms with Crippen LogP contribution in [0.2, 0.25) is 0 Å². The molecule has 1 amide bonds. The van der Waals surface area contributed by atoms with Gasteiger partial charge in [0, 0.05) is 13.1 Å². The van der Waals surface area contributed by atoms with E-state index < -0.39 is 0 Å². The number of amides is 1. The highest BCUT2D eigenvalue weighted by Gasteiger charge is 2.16. The average Bonchev–Trinajstić information content (AvgIpc) is 2.15. The molecule has 1 heterocycles. The van der Waals surface area contributed by atoms with Crippen molar-refractivity contribution in [3.8, 4) is 0 Å². The van der Waals surface area contributed by atoms with E-state index in [1.165, 1.54) is 0 Å². The molecule has 1 aliphatic rings. The minimum absolute atomic E-state index is 0.0667. The number of carbonyl (C=O) groups is 1. The number of morpholine rings is 1. The van der Waals surface area contributed by atoms with Crippen molar-refractivity contribution in [2.45, 2.75) is 20.0 Å². The molecule has 0 N–H and O–H groups in total. The minimum atomic E-state index is 0.0667. The Morgan fingerprint density at radius 1 is 1.46 bits per heavy atom. The molecule has 1 saturated heterocycles. The van der Waals surface area contributed by atoms with Crippen molar-refractivity contribution in [1.82, 2.24) is 4.90 Å². The van der Waals surface area contributed by atoms with Crippen LogP contribution in [-0.4, -0.2) is 49.8 Å². The van der Waals surface area contributed by atoms with E-state index in [4.69, 9.17) is 9.47 Å². The number of carbonyl (C=O) groups excluding carboxylic acids is 1. The smallest absolute Gasteiger partial charge is 0.248 e. The molecule has 13 heavy (non-hydrogen) atoms. The lowest BCUT2D eigenvalue weighted by Gasteiger charge is -2.26. The van der Waals surface area contributed by atoms with E-state index >= 15 is 0 Å². The number of hydrogen-bond donors (Lipinski definition) is 0. The maximum Gasteiger partial charge on any atom is 0.248 e. The Kier molecular flexibility index (Phi) is 4.18. The predicted octanol–water partition coefficient (Wildman–Crippen LogP) is 0.270. The molecule has 0 aliphatic carbocycles. The highest BCUT2D eigenvalue weighted by atomic mass is 16.5. The molecule has 4 heteroatoms. The van der Waals surface area contributed by atoms with Crippen molar-refractivity contribution in [2.24, 2.45) is 0 Å². The Bertz CT molecular complexity index is 164. The molecule has 0 spiro atoms. The summed E-state index contributed by atoms with van der Waals surface area (Å²) < 4.78 is 10.4. The van der Waals surface area contributed by atoms with Crippen LogP contribution in [0.15, 0.2) is 0 Å². The third-order valence-electron chi connectivity index (χ3n) is 1.90. The second-order valence-corrected chi connectivity index (χ2v) is 3.35. The van der Waals surface area contributed by atoms with Gasteiger partial charge in [0.05, 0.1) is 19.3 Å². The van der Waals surface area contributed by atoms with Crippen LogP contribution >= 0.6 is 0 Å². The first-order valence-electron chi connectivity index (χ1n) is 4.67. The van der Waals surface area contributed by atoms with Gasteiger partial charge in [0.1, 0.15) is 6.61 Å². The maximum absolute atomic E-state index is 11.4. The van der Waals surface area contributed by atoms with Gasteiger partial charge in [-0.05, 0) is 13.8 Å². The van der Waals surface area contributed by atoms with Gasteiger partial charge in [0.25, 0.3) is 0 Å². The lowest BCUT2D eigenvalue weighted by Crippen LogP contribution is -2.42. The van der Waals surface area contributed by atoms with Crippen molar-refractivity contribution >= 4 is 5.91 Å². The molecule has 0 atom stereocenters. The fraction of sp³-hybridized carbons (Fsp3) is 0.889. The summed E-state index contributed by atoms with van der Waals surface area (Å²) in [7, 11) is 0. The van der Waals surface area contributed by atoms with Gasteiger partial charge >= 0.3 is 0 Å². The average molecular weight is 187 g/mol. The van der Waals surface area contributed by atoms with Crippen LogP contribution in [0.3, 0.4) is 0 Å². The summed E-state index contributed by atoms with van der Waals surface area (Å²) in [6, 6.07) is 0. The molecule has 0 aromatic heterocycles. The highest BCUT2D eigenvalue weighted by molar-refractivity contribution is 5.77. The summed E-state index contributed by atoms with van der Waals surface area (Å²) in [4.78, 5) is 13.2. The van der Waals surface area contributed by atoms with Crippen LogP contribution in [-0.2, 0) is 14.3 Å². The standard InChI is InChI=1S/C9H17NO3/c1-8(2)13-7-9(11)10-3-5-12-6-4-10/h8H,3-7H2,1-2H3. The summed E-state index contributed by atoms with van der Waals surface area (Å²) in [5.41, 5.74) is 0. The zero-order valence-corrected chi connectivity index (χ0v) is 8.28. The molecule has 0 unspecified atom stereocenters. The lowest BCUT2D eigenvalue weighted by atomic mass is 10.4. The molecule has 0 saturated carbocycles. The van der Waals surface area contributed by atoms with Gasteiger partial charge in [-0.25, -0.2) is 0 Å². The topological polar surface area (TPSA) is 38.8 Å². The van der Waals surface area contributed by atoms with Crippen molar-refractivity contribution < 1.29 is 14.3 Å². The van der Waals surface area contributed by atoms with E-state index in [2.05, 4.69) is 0 Å². The maximum atomic E-state index is 11.4. The summed E-state index contributed by atoms with van der Waals surface area (Å²) in [5.74, 6) is 0.0667. The van der Waals surface area contributed by atoms with Crippen molar-refractivity contribution in [2.75, 3.05) is 32.9 Å². The van der Waals surface area contributed by atoms with Crippen LogP contribution in [0, 0.1) is 0 Å². The van der Waals surface area contributed by atoms with E-state index in [1.807, 2.05) is 13.8 Å². The summed E-state index contributed by atoms with van der Waals surface area (Å²) in [5, 5.41) is 0. The molecule has 0 aromatic carbocycles. The van der Waals surface area contributed by atoms with E-state index in [-0.39, 0.29) is 18.6 Å². The number of hydrogen-bond acceptors (Lipinski definition) is 3. The fourth-order valence-electron chi connectivity index (χ4n) is 1.14. The van der Waals surface area contributed by atoms with Crippen molar-refractivity contribution in [3.63, 3.8) is 0 Å². The second-order valence-electron chi connectivity index (χ2n) is 3.35. The minimum Gasteiger partial charge on any atom is -0.378 e. The molecule has 1 fully saturated rings. The zero-order valence-electron chi connectivity index (χ0n) is 8.28. The second kappa shape index (κ2) is 5.19. The van der Waals surface area contributed by atoms with Crippen LogP contribution < -0.4 is 0 Å². The third-order valence-corrected chi connectivity index (χ3v) is 1.90. The molecule has 1 aliphatic heterocycles. The first-order valence-corrected chi connectivity index (χ1v) is 4.67. The lowest BCUT2D eigenvalue weighted by molar-refractivity contribution is -0.141. The van der Waals surface area contributed by atoms with Crippen LogP contribution in [0.5, 0.6) is 0 Å². The van der Waals surface area contributed by atoms with Crippen molar-refractivity contribution in [1.29, 1.82) is 0 Å². The van der Waals surface area contributed by atoms with Gasteiger partial charge in [-0.2, -0.15) is 0 Å². The van der Waals surface area contributed by atoms with Gasteiger partial charge in [-0.15, -0.1) is 0 Å². The highest BCUT2D eigenvalue weighted by Crippen LogP contribution is 1.98. The predicted molar refractivity (Wildman–Crippen MR) is 48.5 cm³/mol. The van der Waals surface area contributed by atoms with Gasteiger partial charge in [-0.1, -0.05) is 0 Å². The summed E-state index contributed by atoms with van der Waals surface area (Å²) in [6.45, 7) is 6.72. The molecule has 0 bridgehead atoms. The Morgan fingerprint density at radius 2 is 2.08 bits per heavy atom. The molecule has 76 valence electrons.